The third kappa shape index (κ3) is 3.35. The lowest BCUT2D eigenvalue weighted by Crippen LogP contribution is -2.32. The van der Waals surface area contributed by atoms with Gasteiger partial charge in [-0.25, -0.2) is 0 Å². The van der Waals surface area contributed by atoms with Crippen molar-refractivity contribution < 1.29 is 14.3 Å². The molecule has 2 aliphatic heterocycles. The quantitative estimate of drug-likeness (QED) is 0.751. The first-order valence-corrected chi connectivity index (χ1v) is 9.85. The van der Waals surface area contributed by atoms with E-state index in [-0.39, 0.29) is 17.7 Å². The van der Waals surface area contributed by atoms with Gasteiger partial charge in [-0.1, -0.05) is 54.6 Å². The molecule has 2 aromatic rings. The summed E-state index contributed by atoms with van der Waals surface area (Å²) in [5, 5.41) is 0.739. The Morgan fingerprint density at radius 1 is 1.07 bits per heavy atom. The van der Waals surface area contributed by atoms with Crippen LogP contribution in [0.1, 0.15) is 17.9 Å². The van der Waals surface area contributed by atoms with Crippen LogP contribution < -0.4 is 0 Å². The molecule has 4 nitrogen and oxygen atoms in total. The van der Waals surface area contributed by atoms with Crippen LogP contribution in [0.15, 0.2) is 70.2 Å². The van der Waals surface area contributed by atoms with Crippen molar-refractivity contribution in [2.24, 2.45) is 10.9 Å². The molecule has 0 fully saturated rings. The van der Waals surface area contributed by atoms with Crippen LogP contribution in [0, 0.1) is 5.92 Å². The number of carbonyl (C=O) groups is 2. The lowest BCUT2D eigenvalue weighted by atomic mass is 9.77. The molecule has 0 aliphatic carbocycles. The summed E-state index contributed by atoms with van der Waals surface area (Å²) >= 11 is 1.58. The Balaban J connectivity index is 1.76. The third-order valence-corrected chi connectivity index (χ3v) is 5.98. The van der Waals surface area contributed by atoms with Gasteiger partial charge in [0.25, 0.3) is 0 Å². The first-order valence-electron chi connectivity index (χ1n) is 8.86. The summed E-state index contributed by atoms with van der Waals surface area (Å²) in [7, 11) is 1.37. The monoisotopic (exact) mass is 377 g/mol. The molecule has 5 heteroatoms. The second kappa shape index (κ2) is 7.53. The Morgan fingerprint density at radius 2 is 1.78 bits per heavy atom. The van der Waals surface area contributed by atoms with Crippen molar-refractivity contribution in [2.45, 2.75) is 12.3 Å². The third-order valence-electron chi connectivity index (χ3n) is 4.97. The number of esters is 1. The molecule has 0 aromatic heterocycles. The maximum absolute atomic E-state index is 12.7. The SMILES string of the molecule is COC(=O)C1C=NC2=C(C(=O)CCS2)[C@H]1c1ccc(-c2ccccc2)cc1. The highest BCUT2D eigenvalue weighted by Crippen LogP contribution is 2.44. The van der Waals surface area contributed by atoms with Crippen molar-refractivity contribution in [1.29, 1.82) is 0 Å². The normalized spacial score (nSPS) is 21.7. The summed E-state index contributed by atoms with van der Waals surface area (Å²) < 4.78 is 4.98. The standard InChI is InChI=1S/C22H19NO3S/c1-26-22(25)17-13-23-21-20(18(24)11-12-27-21)19(17)16-9-7-15(8-10-16)14-5-3-2-4-6-14/h2-10,13,17,19H,11-12H2,1H3/t17?,19-/m0/s1. The number of aliphatic imine (C=N–C) groups is 1. The van der Waals surface area contributed by atoms with Crippen molar-refractivity contribution in [3.8, 4) is 11.1 Å². The van der Waals surface area contributed by atoms with E-state index < -0.39 is 5.92 Å². The fourth-order valence-electron chi connectivity index (χ4n) is 3.62. The van der Waals surface area contributed by atoms with E-state index in [2.05, 4.69) is 17.1 Å². The number of thioether (sulfide) groups is 1. The number of rotatable bonds is 3. The Hall–Kier alpha value is -2.66. The summed E-state index contributed by atoms with van der Waals surface area (Å²) in [6.07, 6.45) is 2.11. The van der Waals surface area contributed by atoms with Gasteiger partial charge in [0.15, 0.2) is 5.78 Å². The minimum absolute atomic E-state index is 0.0756. The summed E-state index contributed by atoms with van der Waals surface area (Å²) in [6.45, 7) is 0. The van der Waals surface area contributed by atoms with Crippen LogP contribution in [0.3, 0.4) is 0 Å². The topological polar surface area (TPSA) is 55.7 Å². The highest BCUT2D eigenvalue weighted by atomic mass is 32.2. The highest BCUT2D eigenvalue weighted by molar-refractivity contribution is 8.03. The molecule has 0 saturated heterocycles. The maximum atomic E-state index is 12.7. The molecule has 1 unspecified atom stereocenters. The number of allylic oxidation sites excluding steroid dienone is 1. The van der Waals surface area contributed by atoms with Crippen molar-refractivity contribution in [2.75, 3.05) is 12.9 Å². The molecule has 2 aliphatic rings. The molecule has 2 aromatic carbocycles. The van der Waals surface area contributed by atoms with E-state index >= 15 is 0 Å². The molecule has 0 N–H and O–H groups in total. The van der Waals surface area contributed by atoms with Gasteiger partial charge in [-0.05, 0) is 16.7 Å². The van der Waals surface area contributed by atoms with Gasteiger partial charge in [0.1, 0.15) is 10.9 Å². The second-order valence-corrected chi connectivity index (χ2v) is 7.62. The van der Waals surface area contributed by atoms with Crippen LogP contribution >= 0.6 is 11.8 Å². The summed E-state index contributed by atoms with van der Waals surface area (Å²) in [5.41, 5.74) is 3.80. The molecule has 0 spiro atoms. The zero-order valence-corrected chi connectivity index (χ0v) is 15.7. The van der Waals surface area contributed by atoms with Crippen LogP contribution in [0.5, 0.6) is 0 Å². The minimum atomic E-state index is -0.584. The molecule has 0 amide bonds. The Bertz CT molecular complexity index is 932. The van der Waals surface area contributed by atoms with E-state index in [1.54, 1.807) is 18.0 Å². The zero-order valence-electron chi connectivity index (χ0n) is 14.9. The Labute approximate surface area is 162 Å². The lowest BCUT2D eigenvalue weighted by Gasteiger charge is -2.31. The average Bonchev–Trinajstić information content (AvgIpc) is 2.73. The molecule has 0 bridgehead atoms. The highest BCUT2D eigenvalue weighted by Gasteiger charge is 2.40. The molecular weight excluding hydrogens is 358 g/mol. The zero-order chi connectivity index (χ0) is 18.8. The number of nitrogens with zero attached hydrogens (tertiary/aromatic N) is 1. The van der Waals surface area contributed by atoms with Crippen LogP contribution in [-0.4, -0.2) is 30.8 Å². The van der Waals surface area contributed by atoms with Crippen LogP contribution in [0.25, 0.3) is 11.1 Å². The fraction of sp³-hybridized carbons (Fsp3) is 0.227. The van der Waals surface area contributed by atoms with Crippen molar-refractivity contribution >= 4 is 29.7 Å². The number of ketones is 1. The second-order valence-electron chi connectivity index (χ2n) is 6.53. The molecule has 2 atom stereocenters. The van der Waals surface area contributed by atoms with Gasteiger partial charge in [0.05, 0.1) is 7.11 Å². The van der Waals surface area contributed by atoms with Gasteiger partial charge in [0.2, 0.25) is 0 Å². The number of Topliss-reactive ketones (excluding diaryl/α,β-unsaturated/α-hetero) is 1. The fourth-order valence-corrected chi connectivity index (χ4v) is 4.63. The van der Waals surface area contributed by atoms with E-state index in [9.17, 15) is 9.59 Å². The van der Waals surface area contributed by atoms with Crippen LogP contribution in [0.2, 0.25) is 0 Å². The smallest absolute Gasteiger partial charge is 0.315 e. The molecule has 2 heterocycles. The average molecular weight is 377 g/mol. The van der Waals surface area contributed by atoms with Crippen molar-refractivity contribution in [1.82, 2.24) is 0 Å². The van der Waals surface area contributed by atoms with E-state index in [4.69, 9.17) is 4.74 Å². The molecular formula is C22H19NO3S. The number of methoxy groups -OCH3 is 1. The van der Waals surface area contributed by atoms with Gasteiger partial charge < -0.3 is 4.74 Å². The van der Waals surface area contributed by atoms with Gasteiger partial charge in [0, 0.05) is 29.9 Å². The lowest BCUT2D eigenvalue weighted by molar-refractivity contribution is -0.143. The predicted octanol–water partition coefficient (Wildman–Crippen LogP) is 4.23. The number of benzene rings is 2. The molecule has 27 heavy (non-hydrogen) atoms. The van der Waals surface area contributed by atoms with Crippen LogP contribution in [-0.2, 0) is 14.3 Å². The summed E-state index contributed by atoms with van der Waals surface area (Å²) in [5.74, 6) is -0.496. The number of ether oxygens (including phenoxy) is 1. The molecule has 0 saturated carbocycles. The Morgan fingerprint density at radius 3 is 2.48 bits per heavy atom. The summed E-state index contributed by atoms with van der Waals surface area (Å²) in [6, 6.07) is 18.2. The molecule has 136 valence electrons. The van der Waals surface area contributed by atoms with Gasteiger partial charge in [-0.2, -0.15) is 0 Å². The molecule has 0 radical (unpaired) electrons. The van der Waals surface area contributed by atoms with Crippen molar-refractivity contribution in [3.05, 3.63) is 70.8 Å². The van der Waals surface area contributed by atoms with E-state index in [1.807, 2.05) is 42.5 Å². The first kappa shape index (κ1) is 17.7. The van der Waals surface area contributed by atoms with Gasteiger partial charge in [-0.15, -0.1) is 11.8 Å². The largest absolute Gasteiger partial charge is 0.468 e. The van der Waals surface area contributed by atoms with E-state index in [0.29, 0.717) is 12.0 Å². The minimum Gasteiger partial charge on any atom is -0.468 e. The number of hydrogen-bond donors (Lipinski definition) is 0. The van der Waals surface area contributed by atoms with Gasteiger partial charge in [-0.3, -0.25) is 14.6 Å². The van der Waals surface area contributed by atoms with Crippen LogP contribution in [0.4, 0.5) is 0 Å². The van der Waals surface area contributed by atoms with E-state index in [0.717, 1.165) is 27.5 Å². The maximum Gasteiger partial charge on any atom is 0.315 e. The molecule has 4 rings (SSSR count). The van der Waals surface area contributed by atoms with E-state index in [1.165, 1.54) is 7.11 Å². The predicted molar refractivity (Wildman–Crippen MR) is 108 cm³/mol. The van der Waals surface area contributed by atoms with Gasteiger partial charge >= 0.3 is 5.97 Å². The number of carbonyl (C=O) groups excluding carboxylic acids is 2. The van der Waals surface area contributed by atoms with Crippen molar-refractivity contribution in [3.63, 3.8) is 0 Å². The Kier molecular flexibility index (Phi) is 4.94. The number of hydrogen-bond acceptors (Lipinski definition) is 5. The first-order chi connectivity index (χ1) is 13.2. The summed E-state index contributed by atoms with van der Waals surface area (Å²) in [4.78, 5) is 29.4.